The van der Waals surface area contributed by atoms with Crippen molar-refractivity contribution in [3.8, 4) is 0 Å². The van der Waals surface area contributed by atoms with Crippen LogP contribution in [0.1, 0.15) is 32.6 Å². The number of nitrogens with zero attached hydrogens (tertiary/aromatic N) is 1. The van der Waals surface area contributed by atoms with Gasteiger partial charge in [-0.25, -0.2) is 0 Å². The zero-order valence-corrected chi connectivity index (χ0v) is 10.0. The van der Waals surface area contributed by atoms with Crippen LogP contribution in [0.5, 0.6) is 0 Å². The van der Waals surface area contributed by atoms with Crippen LogP contribution >= 0.6 is 0 Å². The number of amides is 1. The number of carbonyl (C=O) groups is 1. The predicted octanol–water partition coefficient (Wildman–Crippen LogP) is 0.751. The minimum absolute atomic E-state index is 0.182. The predicted molar refractivity (Wildman–Crippen MR) is 61.9 cm³/mol. The van der Waals surface area contributed by atoms with Gasteiger partial charge in [-0.1, -0.05) is 0 Å². The fourth-order valence-electron chi connectivity index (χ4n) is 2.64. The van der Waals surface area contributed by atoms with E-state index in [-0.39, 0.29) is 12.0 Å². The standard InChI is InChI=1S/C12H22N2O2/c1-9-4-5-10(7-13)8-14(9)12(15)11-3-2-6-16-11/h9-11H,2-8,13H2,1H3. The third kappa shape index (κ3) is 2.38. The van der Waals surface area contributed by atoms with Gasteiger partial charge in [-0.15, -0.1) is 0 Å². The van der Waals surface area contributed by atoms with Crippen molar-refractivity contribution in [2.75, 3.05) is 19.7 Å². The third-order valence-electron chi connectivity index (χ3n) is 3.80. The second kappa shape index (κ2) is 5.15. The zero-order valence-electron chi connectivity index (χ0n) is 10.0. The summed E-state index contributed by atoms with van der Waals surface area (Å²) in [5, 5.41) is 0. The summed E-state index contributed by atoms with van der Waals surface area (Å²) in [6.07, 6.45) is 3.93. The second-order valence-corrected chi connectivity index (χ2v) is 5.02. The molecule has 2 rings (SSSR count). The van der Waals surface area contributed by atoms with E-state index in [0.29, 0.717) is 18.5 Å². The molecule has 16 heavy (non-hydrogen) atoms. The van der Waals surface area contributed by atoms with Crippen LogP contribution in [0.4, 0.5) is 0 Å². The van der Waals surface area contributed by atoms with Gasteiger partial charge in [0, 0.05) is 19.2 Å². The van der Waals surface area contributed by atoms with E-state index >= 15 is 0 Å². The summed E-state index contributed by atoms with van der Waals surface area (Å²) >= 11 is 0. The van der Waals surface area contributed by atoms with Gasteiger partial charge < -0.3 is 15.4 Å². The molecule has 2 heterocycles. The van der Waals surface area contributed by atoms with Crippen molar-refractivity contribution in [3.63, 3.8) is 0 Å². The molecule has 0 aromatic rings. The number of hydrogen-bond donors (Lipinski definition) is 1. The molecule has 4 heteroatoms. The number of ether oxygens (including phenoxy) is 1. The summed E-state index contributed by atoms with van der Waals surface area (Å²) in [5.74, 6) is 0.657. The van der Waals surface area contributed by atoms with E-state index in [4.69, 9.17) is 10.5 Å². The molecule has 0 aromatic heterocycles. The maximum absolute atomic E-state index is 12.2. The van der Waals surface area contributed by atoms with Crippen molar-refractivity contribution >= 4 is 5.91 Å². The lowest BCUT2D eigenvalue weighted by atomic mass is 9.93. The van der Waals surface area contributed by atoms with Gasteiger partial charge in [0.2, 0.25) is 0 Å². The Bertz CT molecular complexity index is 251. The number of rotatable bonds is 2. The Kier molecular flexibility index (Phi) is 3.82. The largest absolute Gasteiger partial charge is 0.368 e. The molecule has 0 aliphatic carbocycles. The van der Waals surface area contributed by atoms with Gasteiger partial charge >= 0.3 is 0 Å². The number of nitrogens with two attached hydrogens (primary N) is 1. The van der Waals surface area contributed by atoms with E-state index in [0.717, 1.165) is 38.8 Å². The molecule has 2 saturated heterocycles. The van der Waals surface area contributed by atoms with Crippen LogP contribution in [0.15, 0.2) is 0 Å². The molecule has 2 aliphatic rings. The molecular weight excluding hydrogens is 204 g/mol. The summed E-state index contributed by atoms with van der Waals surface area (Å²) in [7, 11) is 0. The molecule has 1 amide bonds. The monoisotopic (exact) mass is 226 g/mol. The fraction of sp³-hybridized carbons (Fsp3) is 0.917. The lowest BCUT2D eigenvalue weighted by molar-refractivity contribution is -0.145. The van der Waals surface area contributed by atoms with E-state index in [9.17, 15) is 4.79 Å². The first-order valence-corrected chi connectivity index (χ1v) is 6.34. The fourth-order valence-corrected chi connectivity index (χ4v) is 2.64. The smallest absolute Gasteiger partial charge is 0.251 e. The Morgan fingerprint density at radius 1 is 1.44 bits per heavy atom. The van der Waals surface area contributed by atoms with Crippen LogP contribution in [0, 0.1) is 5.92 Å². The molecular formula is C12H22N2O2. The second-order valence-electron chi connectivity index (χ2n) is 5.02. The molecule has 0 bridgehead atoms. The minimum atomic E-state index is -0.182. The average molecular weight is 226 g/mol. The third-order valence-corrected chi connectivity index (χ3v) is 3.80. The maximum atomic E-state index is 12.2. The molecule has 2 N–H and O–H groups in total. The van der Waals surface area contributed by atoms with Crippen LogP contribution in [0.2, 0.25) is 0 Å². The highest BCUT2D eigenvalue weighted by Crippen LogP contribution is 2.24. The highest BCUT2D eigenvalue weighted by atomic mass is 16.5. The van der Waals surface area contributed by atoms with E-state index in [1.54, 1.807) is 0 Å². The van der Waals surface area contributed by atoms with Gasteiger partial charge in [0.05, 0.1) is 0 Å². The van der Waals surface area contributed by atoms with Crippen molar-refractivity contribution in [2.45, 2.75) is 44.8 Å². The number of piperidine rings is 1. The molecule has 2 aliphatic heterocycles. The summed E-state index contributed by atoms with van der Waals surface area (Å²) in [5.41, 5.74) is 5.70. The Morgan fingerprint density at radius 2 is 2.25 bits per heavy atom. The lowest BCUT2D eigenvalue weighted by Crippen LogP contribution is -2.50. The van der Waals surface area contributed by atoms with E-state index in [2.05, 4.69) is 6.92 Å². The molecule has 4 nitrogen and oxygen atoms in total. The van der Waals surface area contributed by atoms with Crippen LogP contribution < -0.4 is 5.73 Å². The average Bonchev–Trinajstić information content (AvgIpc) is 2.82. The van der Waals surface area contributed by atoms with E-state index < -0.39 is 0 Å². The Balaban J connectivity index is 1.97. The molecule has 0 radical (unpaired) electrons. The van der Waals surface area contributed by atoms with E-state index in [1.807, 2.05) is 4.90 Å². The van der Waals surface area contributed by atoms with Gasteiger partial charge in [0.15, 0.2) is 0 Å². The number of carbonyl (C=O) groups excluding carboxylic acids is 1. The van der Waals surface area contributed by atoms with Crippen LogP contribution in [-0.2, 0) is 9.53 Å². The summed E-state index contributed by atoms with van der Waals surface area (Å²) in [4.78, 5) is 14.2. The molecule has 3 atom stereocenters. The highest BCUT2D eigenvalue weighted by molar-refractivity contribution is 5.81. The van der Waals surface area contributed by atoms with Crippen molar-refractivity contribution in [2.24, 2.45) is 11.7 Å². The first-order valence-electron chi connectivity index (χ1n) is 6.34. The van der Waals surface area contributed by atoms with E-state index in [1.165, 1.54) is 0 Å². The van der Waals surface area contributed by atoms with Gasteiger partial charge in [-0.05, 0) is 45.1 Å². The minimum Gasteiger partial charge on any atom is -0.368 e. The van der Waals surface area contributed by atoms with Crippen molar-refractivity contribution in [1.29, 1.82) is 0 Å². The van der Waals surface area contributed by atoms with Crippen LogP contribution in [0.3, 0.4) is 0 Å². The number of hydrogen-bond acceptors (Lipinski definition) is 3. The number of likely N-dealkylation sites (tertiary alicyclic amines) is 1. The van der Waals surface area contributed by atoms with Gasteiger partial charge in [0.25, 0.3) is 5.91 Å². The molecule has 2 fully saturated rings. The Labute approximate surface area is 97.1 Å². The van der Waals surface area contributed by atoms with Crippen LogP contribution in [-0.4, -0.2) is 42.6 Å². The van der Waals surface area contributed by atoms with Gasteiger partial charge in [-0.2, -0.15) is 0 Å². The highest BCUT2D eigenvalue weighted by Gasteiger charge is 2.34. The molecule has 0 spiro atoms. The Morgan fingerprint density at radius 3 is 2.88 bits per heavy atom. The van der Waals surface area contributed by atoms with Gasteiger partial charge in [0.1, 0.15) is 6.10 Å². The van der Waals surface area contributed by atoms with Crippen molar-refractivity contribution in [3.05, 3.63) is 0 Å². The first kappa shape index (κ1) is 11.9. The Hall–Kier alpha value is -0.610. The van der Waals surface area contributed by atoms with Gasteiger partial charge in [-0.3, -0.25) is 4.79 Å². The topological polar surface area (TPSA) is 55.6 Å². The first-order chi connectivity index (χ1) is 7.72. The lowest BCUT2D eigenvalue weighted by Gasteiger charge is -2.38. The summed E-state index contributed by atoms with van der Waals surface area (Å²) in [6.45, 7) is 4.36. The zero-order chi connectivity index (χ0) is 11.5. The molecule has 92 valence electrons. The quantitative estimate of drug-likeness (QED) is 0.756. The molecule has 0 saturated carbocycles. The van der Waals surface area contributed by atoms with Crippen LogP contribution in [0.25, 0.3) is 0 Å². The molecule has 0 aromatic carbocycles. The maximum Gasteiger partial charge on any atom is 0.251 e. The summed E-state index contributed by atoms with van der Waals surface area (Å²) < 4.78 is 5.46. The molecule has 3 unspecified atom stereocenters. The van der Waals surface area contributed by atoms with Crippen molar-refractivity contribution in [1.82, 2.24) is 4.90 Å². The van der Waals surface area contributed by atoms with Crippen molar-refractivity contribution < 1.29 is 9.53 Å². The summed E-state index contributed by atoms with van der Waals surface area (Å²) in [6, 6.07) is 0.347. The normalized spacial score (nSPS) is 35.4. The SMILES string of the molecule is CC1CCC(CN)CN1C(=O)C1CCCO1.